The second-order valence-electron chi connectivity index (χ2n) is 4.58. The molecule has 0 saturated heterocycles. The molecule has 0 aliphatic heterocycles. The Balaban J connectivity index is 2.32. The lowest BCUT2D eigenvalue weighted by Gasteiger charge is -2.16. The smallest absolute Gasteiger partial charge is 0.133 e. The first-order valence-electron chi connectivity index (χ1n) is 6.58. The SMILES string of the molecule is CCCOc1ccc(C(O)c2c(F)cccc2Br)cc1Br. The molecule has 0 fully saturated rings. The Labute approximate surface area is 140 Å². The normalized spacial score (nSPS) is 12.2. The molecular formula is C16H15Br2FO2. The minimum absolute atomic E-state index is 0.228. The summed E-state index contributed by atoms with van der Waals surface area (Å²) in [6, 6.07) is 9.88. The monoisotopic (exact) mass is 416 g/mol. The van der Waals surface area contributed by atoms with E-state index in [0.717, 1.165) is 10.9 Å². The zero-order valence-electron chi connectivity index (χ0n) is 11.4. The average Bonchev–Trinajstić information content (AvgIpc) is 2.45. The predicted molar refractivity (Wildman–Crippen MR) is 88.1 cm³/mol. The fraction of sp³-hybridized carbons (Fsp3) is 0.250. The third-order valence-electron chi connectivity index (χ3n) is 3.01. The fourth-order valence-corrected chi connectivity index (χ4v) is 3.02. The lowest BCUT2D eigenvalue weighted by atomic mass is 10.0. The van der Waals surface area contributed by atoms with Gasteiger partial charge in [-0.2, -0.15) is 0 Å². The number of hydrogen-bond acceptors (Lipinski definition) is 2. The number of halogens is 3. The van der Waals surface area contributed by atoms with E-state index in [1.165, 1.54) is 6.07 Å². The van der Waals surface area contributed by atoms with E-state index in [9.17, 15) is 9.50 Å². The van der Waals surface area contributed by atoms with Crippen LogP contribution in [0.4, 0.5) is 4.39 Å². The van der Waals surface area contributed by atoms with Gasteiger partial charge >= 0.3 is 0 Å². The molecule has 1 atom stereocenters. The van der Waals surface area contributed by atoms with Gasteiger partial charge < -0.3 is 9.84 Å². The van der Waals surface area contributed by atoms with Gasteiger partial charge in [0, 0.05) is 10.0 Å². The molecule has 2 nitrogen and oxygen atoms in total. The summed E-state index contributed by atoms with van der Waals surface area (Å²) in [5.74, 6) is 0.264. The summed E-state index contributed by atoms with van der Waals surface area (Å²) < 4.78 is 20.7. The molecule has 0 bridgehead atoms. The standard InChI is InChI=1S/C16H15Br2FO2/c1-2-8-21-14-7-6-10(9-12(14)18)16(20)15-11(17)4-3-5-13(15)19/h3-7,9,16,20H,2,8H2,1H3. The molecular weight excluding hydrogens is 403 g/mol. The van der Waals surface area contributed by atoms with Crippen molar-refractivity contribution in [2.45, 2.75) is 19.4 Å². The van der Waals surface area contributed by atoms with Crippen LogP contribution in [0.15, 0.2) is 45.3 Å². The molecule has 112 valence electrons. The summed E-state index contributed by atoms with van der Waals surface area (Å²) in [6.07, 6.45) is -0.129. The van der Waals surface area contributed by atoms with Gasteiger partial charge in [-0.25, -0.2) is 4.39 Å². The van der Waals surface area contributed by atoms with E-state index in [2.05, 4.69) is 31.9 Å². The van der Waals surface area contributed by atoms with E-state index in [-0.39, 0.29) is 5.56 Å². The molecule has 0 aromatic heterocycles. The number of aliphatic hydroxyl groups is 1. The highest BCUT2D eigenvalue weighted by atomic mass is 79.9. The molecule has 0 saturated carbocycles. The van der Waals surface area contributed by atoms with Crippen LogP contribution >= 0.6 is 31.9 Å². The van der Waals surface area contributed by atoms with E-state index in [0.29, 0.717) is 22.4 Å². The third kappa shape index (κ3) is 3.84. The Morgan fingerprint density at radius 2 is 1.95 bits per heavy atom. The molecule has 0 spiro atoms. The summed E-state index contributed by atoms with van der Waals surface area (Å²) in [7, 11) is 0. The molecule has 1 N–H and O–H groups in total. The lowest BCUT2D eigenvalue weighted by molar-refractivity contribution is 0.214. The minimum atomic E-state index is -1.04. The van der Waals surface area contributed by atoms with Crippen LogP contribution in [0, 0.1) is 5.82 Å². The first-order valence-corrected chi connectivity index (χ1v) is 8.17. The van der Waals surface area contributed by atoms with Crippen LogP contribution in [0.3, 0.4) is 0 Å². The average molecular weight is 418 g/mol. The second-order valence-corrected chi connectivity index (χ2v) is 6.28. The van der Waals surface area contributed by atoms with E-state index in [1.807, 2.05) is 6.92 Å². The maximum absolute atomic E-state index is 13.9. The van der Waals surface area contributed by atoms with Crippen molar-refractivity contribution < 1.29 is 14.2 Å². The summed E-state index contributed by atoms with van der Waals surface area (Å²) in [6.45, 7) is 2.65. The van der Waals surface area contributed by atoms with E-state index in [1.54, 1.807) is 30.3 Å². The number of ether oxygens (including phenoxy) is 1. The maximum Gasteiger partial charge on any atom is 0.133 e. The Morgan fingerprint density at radius 3 is 2.57 bits per heavy atom. The number of hydrogen-bond donors (Lipinski definition) is 1. The van der Waals surface area contributed by atoms with Crippen molar-refractivity contribution in [3.8, 4) is 5.75 Å². The molecule has 21 heavy (non-hydrogen) atoms. The Kier molecular flexibility index (Phi) is 5.79. The van der Waals surface area contributed by atoms with Gasteiger partial charge in [0.2, 0.25) is 0 Å². The van der Waals surface area contributed by atoms with Crippen LogP contribution in [0.5, 0.6) is 5.75 Å². The van der Waals surface area contributed by atoms with Crippen molar-refractivity contribution in [1.29, 1.82) is 0 Å². The number of rotatable bonds is 5. The van der Waals surface area contributed by atoms with Crippen LogP contribution in [0.1, 0.15) is 30.6 Å². The highest BCUT2D eigenvalue weighted by molar-refractivity contribution is 9.10. The highest BCUT2D eigenvalue weighted by Crippen LogP contribution is 2.34. The summed E-state index contributed by atoms with van der Waals surface area (Å²) in [4.78, 5) is 0. The second kappa shape index (κ2) is 7.38. The van der Waals surface area contributed by atoms with Crippen LogP contribution in [-0.2, 0) is 0 Å². The van der Waals surface area contributed by atoms with Crippen molar-refractivity contribution in [3.05, 3.63) is 62.3 Å². The molecule has 0 amide bonds. The quantitative estimate of drug-likeness (QED) is 0.722. The Bertz CT molecular complexity index is 611. The van der Waals surface area contributed by atoms with Crippen LogP contribution < -0.4 is 4.74 Å². The zero-order chi connectivity index (χ0) is 15.4. The zero-order valence-corrected chi connectivity index (χ0v) is 14.6. The molecule has 2 aromatic rings. The molecule has 2 aromatic carbocycles. The van der Waals surface area contributed by atoms with Crippen molar-refractivity contribution in [2.24, 2.45) is 0 Å². The van der Waals surface area contributed by atoms with Gasteiger partial charge in [0.25, 0.3) is 0 Å². The number of benzene rings is 2. The predicted octanol–water partition coefficient (Wildman–Crippen LogP) is 5.22. The van der Waals surface area contributed by atoms with Gasteiger partial charge in [0.05, 0.1) is 11.1 Å². The summed E-state index contributed by atoms with van der Waals surface area (Å²) >= 11 is 6.69. The molecule has 5 heteroatoms. The number of aliphatic hydroxyl groups excluding tert-OH is 1. The molecule has 0 radical (unpaired) electrons. The molecule has 0 heterocycles. The third-order valence-corrected chi connectivity index (χ3v) is 4.32. The van der Waals surface area contributed by atoms with Crippen molar-refractivity contribution in [3.63, 3.8) is 0 Å². The largest absolute Gasteiger partial charge is 0.492 e. The Hall–Kier alpha value is -0.910. The van der Waals surface area contributed by atoms with Crippen LogP contribution in [0.2, 0.25) is 0 Å². The van der Waals surface area contributed by atoms with Crippen LogP contribution in [-0.4, -0.2) is 11.7 Å². The van der Waals surface area contributed by atoms with E-state index < -0.39 is 11.9 Å². The van der Waals surface area contributed by atoms with Crippen molar-refractivity contribution in [1.82, 2.24) is 0 Å². The van der Waals surface area contributed by atoms with E-state index >= 15 is 0 Å². The summed E-state index contributed by atoms with van der Waals surface area (Å²) in [5, 5.41) is 10.4. The van der Waals surface area contributed by atoms with Gasteiger partial charge in [-0.15, -0.1) is 0 Å². The van der Waals surface area contributed by atoms with E-state index in [4.69, 9.17) is 4.74 Å². The molecule has 1 unspecified atom stereocenters. The van der Waals surface area contributed by atoms with Gasteiger partial charge in [-0.1, -0.05) is 35.0 Å². The molecule has 0 aliphatic carbocycles. The minimum Gasteiger partial charge on any atom is -0.492 e. The lowest BCUT2D eigenvalue weighted by Crippen LogP contribution is -2.04. The topological polar surface area (TPSA) is 29.5 Å². The van der Waals surface area contributed by atoms with Gasteiger partial charge in [-0.05, 0) is 52.2 Å². The van der Waals surface area contributed by atoms with Gasteiger partial charge in [0.15, 0.2) is 0 Å². The fourth-order valence-electron chi connectivity index (χ4n) is 1.95. The van der Waals surface area contributed by atoms with Crippen molar-refractivity contribution >= 4 is 31.9 Å². The van der Waals surface area contributed by atoms with Crippen molar-refractivity contribution in [2.75, 3.05) is 6.61 Å². The first kappa shape index (κ1) is 16.5. The highest BCUT2D eigenvalue weighted by Gasteiger charge is 2.19. The van der Waals surface area contributed by atoms with Gasteiger partial charge in [-0.3, -0.25) is 0 Å². The summed E-state index contributed by atoms with van der Waals surface area (Å²) in [5.41, 5.74) is 0.822. The van der Waals surface area contributed by atoms with Gasteiger partial charge in [0.1, 0.15) is 17.7 Å². The molecule has 0 aliphatic rings. The first-order chi connectivity index (χ1) is 10.0. The Morgan fingerprint density at radius 1 is 1.19 bits per heavy atom. The van der Waals surface area contributed by atoms with Crippen LogP contribution in [0.25, 0.3) is 0 Å². The molecule has 2 rings (SSSR count). The maximum atomic E-state index is 13.9.